The third-order valence-electron chi connectivity index (χ3n) is 5.64. The van der Waals surface area contributed by atoms with Crippen LogP contribution in [0, 0.1) is 6.92 Å². The van der Waals surface area contributed by atoms with Crippen LogP contribution in [0.25, 0.3) is 17.1 Å². The van der Waals surface area contributed by atoms with E-state index in [1.165, 1.54) is 22.9 Å². The van der Waals surface area contributed by atoms with Crippen molar-refractivity contribution >= 4 is 11.8 Å². The summed E-state index contributed by atoms with van der Waals surface area (Å²) in [5, 5.41) is 13.9. The summed E-state index contributed by atoms with van der Waals surface area (Å²) in [7, 11) is 3.21. The van der Waals surface area contributed by atoms with Crippen LogP contribution in [0.2, 0.25) is 0 Å². The number of methoxy groups -OCH3 is 2. The van der Waals surface area contributed by atoms with E-state index in [0.717, 1.165) is 22.2 Å². The predicted octanol–water partition coefficient (Wildman–Crippen LogP) is 5.53. The van der Waals surface area contributed by atoms with Crippen molar-refractivity contribution in [2.45, 2.75) is 24.3 Å². The summed E-state index contributed by atoms with van der Waals surface area (Å²) >= 11 is 1.50. The molecule has 0 aliphatic rings. The molecule has 0 saturated carbocycles. The number of ether oxygens (including phenoxy) is 2. The Morgan fingerprint density at radius 1 is 0.917 bits per heavy atom. The van der Waals surface area contributed by atoms with Crippen molar-refractivity contribution in [2.75, 3.05) is 14.2 Å². The fraction of sp³-hybridized carbons (Fsp3) is 0.185. The number of hydrogen-bond donors (Lipinski definition) is 0. The van der Waals surface area contributed by atoms with Crippen LogP contribution in [0.3, 0.4) is 0 Å². The lowest BCUT2D eigenvalue weighted by molar-refractivity contribution is 0.388. The molecular formula is C27H25N5O3S. The van der Waals surface area contributed by atoms with Gasteiger partial charge < -0.3 is 14.0 Å². The van der Waals surface area contributed by atoms with Gasteiger partial charge in [-0.1, -0.05) is 64.9 Å². The van der Waals surface area contributed by atoms with Crippen LogP contribution >= 0.6 is 11.8 Å². The summed E-state index contributed by atoms with van der Waals surface area (Å²) in [6.07, 6.45) is 0.671. The molecule has 2 heterocycles. The lowest BCUT2D eigenvalue weighted by atomic mass is 10.1. The van der Waals surface area contributed by atoms with Gasteiger partial charge in [-0.2, -0.15) is 4.98 Å². The van der Waals surface area contributed by atoms with Gasteiger partial charge in [0.15, 0.2) is 5.16 Å². The van der Waals surface area contributed by atoms with Crippen molar-refractivity contribution in [3.63, 3.8) is 0 Å². The summed E-state index contributed by atoms with van der Waals surface area (Å²) < 4.78 is 18.4. The van der Waals surface area contributed by atoms with Crippen molar-refractivity contribution in [1.29, 1.82) is 0 Å². The highest BCUT2D eigenvalue weighted by Crippen LogP contribution is 2.32. The monoisotopic (exact) mass is 499 g/mol. The van der Waals surface area contributed by atoms with Gasteiger partial charge in [-0.05, 0) is 36.8 Å². The molecule has 5 rings (SSSR count). The molecule has 0 atom stereocenters. The lowest BCUT2D eigenvalue weighted by Gasteiger charge is -2.10. The highest BCUT2D eigenvalue weighted by molar-refractivity contribution is 7.98. The molecule has 36 heavy (non-hydrogen) atoms. The minimum Gasteiger partial charge on any atom is -0.497 e. The van der Waals surface area contributed by atoms with Crippen LogP contribution in [0.4, 0.5) is 0 Å². The van der Waals surface area contributed by atoms with E-state index in [1.54, 1.807) is 20.3 Å². The second kappa shape index (κ2) is 10.7. The largest absolute Gasteiger partial charge is 0.497 e. The van der Waals surface area contributed by atoms with Gasteiger partial charge in [0.2, 0.25) is 11.7 Å². The van der Waals surface area contributed by atoms with Gasteiger partial charge in [-0.25, -0.2) is 0 Å². The number of hydrogen-bond acceptors (Lipinski definition) is 8. The number of nitrogens with zero attached hydrogens (tertiary/aromatic N) is 5. The minimum absolute atomic E-state index is 0.445. The number of aryl methyl sites for hydroxylation is 1. The van der Waals surface area contributed by atoms with E-state index < -0.39 is 0 Å². The molecule has 0 unspecified atom stereocenters. The van der Waals surface area contributed by atoms with Gasteiger partial charge in [-0.3, -0.25) is 4.57 Å². The first-order chi connectivity index (χ1) is 17.6. The molecule has 0 radical (unpaired) electrons. The fourth-order valence-corrected chi connectivity index (χ4v) is 4.58. The Morgan fingerprint density at radius 3 is 2.47 bits per heavy atom. The first kappa shape index (κ1) is 23.6. The molecule has 5 aromatic rings. The molecule has 9 heteroatoms. The van der Waals surface area contributed by atoms with Gasteiger partial charge in [0.25, 0.3) is 0 Å². The van der Waals surface area contributed by atoms with Crippen LogP contribution in [-0.4, -0.2) is 39.1 Å². The zero-order chi connectivity index (χ0) is 24.9. The van der Waals surface area contributed by atoms with Crippen molar-refractivity contribution in [3.05, 3.63) is 95.6 Å². The van der Waals surface area contributed by atoms with Crippen molar-refractivity contribution in [3.8, 4) is 28.6 Å². The Kier molecular flexibility index (Phi) is 6.99. The van der Waals surface area contributed by atoms with Crippen LogP contribution < -0.4 is 9.47 Å². The maximum absolute atomic E-state index is 5.53. The Bertz CT molecular complexity index is 1450. The Morgan fingerprint density at radius 2 is 1.72 bits per heavy atom. The molecule has 8 nitrogen and oxygen atoms in total. The third-order valence-corrected chi connectivity index (χ3v) is 6.55. The molecule has 0 bridgehead atoms. The molecule has 0 aliphatic heterocycles. The number of thioether (sulfide) groups is 1. The summed E-state index contributed by atoms with van der Waals surface area (Å²) in [5.74, 6) is 3.55. The van der Waals surface area contributed by atoms with E-state index in [4.69, 9.17) is 14.0 Å². The van der Waals surface area contributed by atoms with E-state index in [0.29, 0.717) is 35.4 Å². The normalized spacial score (nSPS) is 11.0. The number of aromatic nitrogens is 5. The van der Waals surface area contributed by atoms with Gasteiger partial charge in [0.1, 0.15) is 17.3 Å². The number of rotatable bonds is 9. The molecule has 2 aromatic heterocycles. The Hall–Kier alpha value is -4.11. The van der Waals surface area contributed by atoms with Crippen LogP contribution in [0.5, 0.6) is 11.5 Å². The van der Waals surface area contributed by atoms with Crippen molar-refractivity contribution < 1.29 is 14.0 Å². The van der Waals surface area contributed by atoms with Crippen LogP contribution in [-0.2, 0) is 12.2 Å². The molecule has 0 amide bonds. The molecule has 0 aliphatic carbocycles. The standard InChI is InChI=1S/C27H25N5O3S/c1-18-9-11-20(12-10-18)32-24(15-19-7-5-4-6-8-19)29-30-27(32)36-17-25-28-26(31-35-25)22-14-13-21(33-2)16-23(22)34-3/h4-14,16H,15,17H2,1-3H3. The van der Waals surface area contributed by atoms with Crippen molar-refractivity contribution in [1.82, 2.24) is 24.9 Å². The molecule has 0 fully saturated rings. The first-order valence-electron chi connectivity index (χ1n) is 11.4. The SMILES string of the molecule is COc1ccc(-c2noc(CSc3nnc(Cc4ccccc4)n3-c3ccc(C)cc3)n2)c(OC)c1. The molecule has 182 valence electrons. The van der Waals surface area contributed by atoms with E-state index in [2.05, 4.69) is 68.2 Å². The Balaban J connectivity index is 1.40. The van der Waals surface area contributed by atoms with E-state index in [1.807, 2.05) is 30.3 Å². The van der Waals surface area contributed by atoms with E-state index in [-0.39, 0.29) is 0 Å². The van der Waals surface area contributed by atoms with Gasteiger partial charge in [-0.15, -0.1) is 10.2 Å². The highest BCUT2D eigenvalue weighted by atomic mass is 32.2. The van der Waals surface area contributed by atoms with Crippen LogP contribution in [0.1, 0.15) is 22.8 Å². The zero-order valence-electron chi connectivity index (χ0n) is 20.2. The highest BCUT2D eigenvalue weighted by Gasteiger charge is 2.18. The fourth-order valence-electron chi connectivity index (χ4n) is 3.77. The van der Waals surface area contributed by atoms with Crippen LogP contribution in [0.15, 0.2) is 82.5 Å². The minimum atomic E-state index is 0.445. The van der Waals surface area contributed by atoms with Gasteiger partial charge >= 0.3 is 0 Å². The van der Waals surface area contributed by atoms with Gasteiger partial charge in [0.05, 0.1) is 25.5 Å². The summed E-state index contributed by atoms with van der Waals surface area (Å²) in [6.45, 7) is 2.07. The van der Waals surface area contributed by atoms with E-state index in [9.17, 15) is 0 Å². The average molecular weight is 500 g/mol. The predicted molar refractivity (Wildman–Crippen MR) is 138 cm³/mol. The maximum Gasteiger partial charge on any atom is 0.237 e. The quantitative estimate of drug-likeness (QED) is 0.245. The molecule has 0 spiro atoms. The zero-order valence-corrected chi connectivity index (χ0v) is 21.0. The second-order valence-electron chi connectivity index (χ2n) is 8.10. The summed E-state index contributed by atoms with van der Waals surface area (Å²) in [5.41, 5.74) is 4.10. The molecular weight excluding hydrogens is 474 g/mol. The third kappa shape index (κ3) is 5.11. The topological polar surface area (TPSA) is 88.1 Å². The summed E-state index contributed by atoms with van der Waals surface area (Å²) in [4.78, 5) is 4.57. The smallest absolute Gasteiger partial charge is 0.237 e. The van der Waals surface area contributed by atoms with Crippen molar-refractivity contribution in [2.24, 2.45) is 0 Å². The molecule has 0 N–H and O–H groups in total. The average Bonchev–Trinajstić information content (AvgIpc) is 3.55. The Labute approximate surface area is 213 Å². The molecule has 0 saturated heterocycles. The summed E-state index contributed by atoms with van der Waals surface area (Å²) in [6, 6.07) is 24.1. The molecule has 3 aromatic carbocycles. The lowest BCUT2D eigenvalue weighted by Crippen LogP contribution is -2.04. The van der Waals surface area contributed by atoms with Gasteiger partial charge in [0, 0.05) is 18.2 Å². The first-order valence-corrected chi connectivity index (χ1v) is 12.4. The van der Waals surface area contributed by atoms with E-state index >= 15 is 0 Å². The second-order valence-corrected chi connectivity index (χ2v) is 9.04. The number of benzene rings is 3. The maximum atomic E-state index is 5.53.